The molecule has 1 saturated heterocycles. The molecule has 1 N–H and O–H groups in total. The Morgan fingerprint density at radius 1 is 1.41 bits per heavy atom. The number of hydrogen-bond donors (Lipinski definition) is 1. The molecule has 0 aromatic heterocycles. The van der Waals surface area contributed by atoms with Crippen LogP contribution in [0.2, 0.25) is 5.02 Å². The molecule has 1 unspecified atom stereocenters. The molecule has 0 bridgehead atoms. The van der Waals surface area contributed by atoms with Crippen molar-refractivity contribution in [1.82, 2.24) is 10.2 Å². The number of amides is 1. The van der Waals surface area contributed by atoms with Gasteiger partial charge in [-0.05, 0) is 25.1 Å². The van der Waals surface area contributed by atoms with Gasteiger partial charge in [-0.3, -0.25) is 4.79 Å². The molecule has 1 fully saturated rings. The van der Waals surface area contributed by atoms with E-state index in [1.165, 1.54) is 0 Å². The van der Waals surface area contributed by atoms with Crippen LogP contribution in [0.25, 0.3) is 0 Å². The van der Waals surface area contributed by atoms with E-state index in [0.717, 1.165) is 5.56 Å². The summed E-state index contributed by atoms with van der Waals surface area (Å²) in [5.41, 5.74) is 0.882. The van der Waals surface area contributed by atoms with Gasteiger partial charge in [0.05, 0.1) is 11.5 Å². The van der Waals surface area contributed by atoms with Crippen molar-refractivity contribution in [2.45, 2.75) is 25.4 Å². The van der Waals surface area contributed by atoms with Gasteiger partial charge in [0.25, 0.3) is 0 Å². The number of carbonyl (C=O) groups excluding carboxylic acids is 1. The number of hydrogen-bond acceptors (Lipinski definition) is 4. The van der Waals surface area contributed by atoms with Crippen LogP contribution in [0.15, 0.2) is 24.3 Å². The van der Waals surface area contributed by atoms with Crippen molar-refractivity contribution < 1.29 is 13.2 Å². The van der Waals surface area contributed by atoms with Gasteiger partial charge in [-0.2, -0.15) is 0 Å². The van der Waals surface area contributed by atoms with E-state index in [1.807, 2.05) is 30.1 Å². The van der Waals surface area contributed by atoms with Crippen LogP contribution >= 0.6 is 11.6 Å². The monoisotopic (exact) mass is 344 g/mol. The average molecular weight is 345 g/mol. The minimum atomic E-state index is -2.89. The maximum atomic E-state index is 11.9. The molecular weight excluding hydrogens is 324 g/mol. The predicted octanol–water partition coefficient (Wildman–Crippen LogP) is 1.47. The molecule has 1 heterocycles. The standard InChI is InChI=1S/C15H21ClN2O3S/c1-18(13-7-9-22(20,21)11-13)8-6-15(19)17-10-12-4-2-3-5-14(12)16/h2-5,13H,6-11H2,1H3,(H,17,19). The Morgan fingerprint density at radius 3 is 2.77 bits per heavy atom. The SMILES string of the molecule is CN(CCC(=O)NCc1ccccc1Cl)C1CCS(=O)(=O)C1. The van der Waals surface area contributed by atoms with Crippen LogP contribution in [0.3, 0.4) is 0 Å². The molecule has 0 spiro atoms. The molecule has 1 aromatic carbocycles. The Labute approximate surface area is 136 Å². The first-order valence-electron chi connectivity index (χ1n) is 7.28. The molecule has 5 nitrogen and oxygen atoms in total. The van der Waals surface area contributed by atoms with E-state index >= 15 is 0 Å². The fourth-order valence-corrected chi connectivity index (χ4v) is 4.52. The smallest absolute Gasteiger partial charge is 0.221 e. The van der Waals surface area contributed by atoms with Gasteiger partial charge in [0.2, 0.25) is 5.91 Å². The predicted molar refractivity (Wildman–Crippen MR) is 87.6 cm³/mol. The van der Waals surface area contributed by atoms with Crippen molar-refractivity contribution in [3.05, 3.63) is 34.9 Å². The van der Waals surface area contributed by atoms with Gasteiger partial charge in [0.15, 0.2) is 9.84 Å². The molecule has 0 saturated carbocycles. The maximum absolute atomic E-state index is 11.9. The van der Waals surface area contributed by atoms with Gasteiger partial charge in [-0.15, -0.1) is 0 Å². The highest BCUT2D eigenvalue weighted by molar-refractivity contribution is 7.91. The zero-order valence-electron chi connectivity index (χ0n) is 12.6. The minimum absolute atomic E-state index is 0.0290. The number of nitrogens with one attached hydrogen (secondary N) is 1. The third-order valence-electron chi connectivity index (χ3n) is 3.96. The van der Waals surface area contributed by atoms with Crippen molar-refractivity contribution >= 4 is 27.3 Å². The fourth-order valence-electron chi connectivity index (χ4n) is 2.51. The van der Waals surface area contributed by atoms with Crippen LogP contribution < -0.4 is 5.32 Å². The Bertz CT molecular complexity index is 633. The van der Waals surface area contributed by atoms with Gasteiger partial charge in [0.1, 0.15) is 0 Å². The zero-order chi connectivity index (χ0) is 16.2. The fraction of sp³-hybridized carbons (Fsp3) is 0.533. The third kappa shape index (κ3) is 4.97. The molecule has 22 heavy (non-hydrogen) atoms. The molecule has 2 rings (SSSR count). The summed E-state index contributed by atoms with van der Waals surface area (Å²) in [5, 5.41) is 3.47. The van der Waals surface area contributed by atoms with Gasteiger partial charge >= 0.3 is 0 Å². The first kappa shape index (κ1) is 17.2. The van der Waals surface area contributed by atoms with E-state index in [2.05, 4.69) is 5.32 Å². The highest BCUT2D eigenvalue weighted by Gasteiger charge is 2.30. The Kier molecular flexibility index (Phi) is 5.83. The highest BCUT2D eigenvalue weighted by Crippen LogP contribution is 2.17. The largest absolute Gasteiger partial charge is 0.352 e. The lowest BCUT2D eigenvalue weighted by Crippen LogP contribution is -2.36. The summed E-state index contributed by atoms with van der Waals surface area (Å²) in [6, 6.07) is 7.41. The second kappa shape index (κ2) is 7.44. The van der Waals surface area contributed by atoms with Crippen LogP contribution in [0.4, 0.5) is 0 Å². The van der Waals surface area contributed by atoms with Crippen LogP contribution in [0.5, 0.6) is 0 Å². The zero-order valence-corrected chi connectivity index (χ0v) is 14.2. The van der Waals surface area contributed by atoms with E-state index in [0.29, 0.717) is 31.0 Å². The van der Waals surface area contributed by atoms with Crippen molar-refractivity contribution in [3.8, 4) is 0 Å². The van der Waals surface area contributed by atoms with Gasteiger partial charge < -0.3 is 10.2 Å². The van der Waals surface area contributed by atoms with E-state index in [9.17, 15) is 13.2 Å². The summed E-state index contributed by atoms with van der Waals surface area (Å²) in [7, 11) is -1.02. The molecule has 0 radical (unpaired) electrons. The first-order chi connectivity index (χ1) is 10.4. The van der Waals surface area contributed by atoms with Crippen LogP contribution in [0, 0.1) is 0 Å². The first-order valence-corrected chi connectivity index (χ1v) is 9.48. The number of benzene rings is 1. The van der Waals surface area contributed by atoms with E-state index in [1.54, 1.807) is 6.07 Å². The van der Waals surface area contributed by atoms with Crippen LogP contribution in [-0.2, 0) is 21.2 Å². The molecule has 1 aliphatic rings. The van der Waals surface area contributed by atoms with Crippen molar-refractivity contribution in [1.29, 1.82) is 0 Å². The molecule has 1 aliphatic heterocycles. The topological polar surface area (TPSA) is 66.5 Å². The van der Waals surface area contributed by atoms with Gasteiger partial charge in [-0.25, -0.2) is 8.42 Å². The molecule has 1 atom stereocenters. The highest BCUT2D eigenvalue weighted by atomic mass is 35.5. The molecule has 1 amide bonds. The molecular formula is C15H21ClN2O3S. The molecule has 7 heteroatoms. The quantitative estimate of drug-likeness (QED) is 0.848. The summed E-state index contributed by atoms with van der Waals surface area (Å²) < 4.78 is 22.9. The van der Waals surface area contributed by atoms with Gasteiger partial charge in [-0.1, -0.05) is 29.8 Å². The third-order valence-corrected chi connectivity index (χ3v) is 6.08. The van der Waals surface area contributed by atoms with Crippen LogP contribution in [-0.4, -0.2) is 50.4 Å². The molecule has 1 aromatic rings. The number of carbonyl (C=O) groups is 1. The van der Waals surface area contributed by atoms with E-state index in [4.69, 9.17) is 11.6 Å². The number of halogens is 1. The summed E-state index contributed by atoms with van der Waals surface area (Å²) in [5.74, 6) is 0.387. The van der Waals surface area contributed by atoms with Crippen molar-refractivity contribution in [2.24, 2.45) is 0 Å². The number of sulfone groups is 1. The lowest BCUT2D eigenvalue weighted by molar-refractivity contribution is -0.121. The lowest BCUT2D eigenvalue weighted by atomic mass is 10.2. The summed E-state index contributed by atoms with van der Waals surface area (Å²) in [6.45, 7) is 0.953. The maximum Gasteiger partial charge on any atom is 0.221 e. The lowest BCUT2D eigenvalue weighted by Gasteiger charge is -2.22. The summed E-state index contributed by atoms with van der Waals surface area (Å²) in [6.07, 6.45) is 0.998. The summed E-state index contributed by atoms with van der Waals surface area (Å²) >= 11 is 6.03. The summed E-state index contributed by atoms with van der Waals surface area (Å²) in [4.78, 5) is 13.8. The Hall–Kier alpha value is -1.11. The Morgan fingerprint density at radius 2 is 2.14 bits per heavy atom. The Balaban J connectivity index is 1.73. The van der Waals surface area contributed by atoms with Gasteiger partial charge in [0, 0.05) is 30.6 Å². The minimum Gasteiger partial charge on any atom is -0.352 e. The molecule has 0 aliphatic carbocycles. The number of rotatable bonds is 6. The molecule has 122 valence electrons. The van der Waals surface area contributed by atoms with Crippen molar-refractivity contribution in [3.63, 3.8) is 0 Å². The average Bonchev–Trinajstić information content (AvgIpc) is 2.84. The second-order valence-electron chi connectivity index (χ2n) is 5.66. The number of nitrogens with zero attached hydrogens (tertiary/aromatic N) is 1. The van der Waals surface area contributed by atoms with Crippen LogP contribution in [0.1, 0.15) is 18.4 Å². The second-order valence-corrected chi connectivity index (χ2v) is 8.29. The normalized spacial score (nSPS) is 20.2. The van der Waals surface area contributed by atoms with E-state index < -0.39 is 9.84 Å². The van der Waals surface area contributed by atoms with Crippen molar-refractivity contribution in [2.75, 3.05) is 25.1 Å². The van der Waals surface area contributed by atoms with E-state index in [-0.39, 0.29) is 23.5 Å².